The molecule has 0 fully saturated rings. The summed E-state index contributed by atoms with van der Waals surface area (Å²) in [5.74, 6) is -1.58. The van der Waals surface area contributed by atoms with Crippen molar-refractivity contribution in [1.29, 1.82) is 0 Å². The number of hydrogen-bond donors (Lipinski definition) is 4. The number of carboxylic acid groups (broad SMARTS) is 1. The Hall–Kier alpha value is -1.92. The Bertz CT molecular complexity index is 490. The van der Waals surface area contributed by atoms with Crippen LogP contribution >= 0.6 is 0 Å². The number of hydrogen-bond acceptors (Lipinski definition) is 4. The van der Waals surface area contributed by atoms with E-state index in [0.29, 0.717) is 5.56 Å². The summed E-state index contributed by atoms with van der Waals surface area (Å²) in [6.45, 7) is 1.50. The Morgan fingerprint density at radius 2 is 2.00 bits per heavy atom. The molecule has 6 heteroatoms. The maximum Gasteiger partial charge on any atom is 0.315 e. The topological polar surface area (TPSA) is 113 Å². The summed E-state index contributed by atoms with van der Waals surface area (Å²) >= 11 is 0. The van der Waals surface area contributed by atoms with Crippen molar-refractivity contribution < 1.29 is 19.8 Å². The van der Waals surface area contributed by atoms with Gasteiger partial charge in [-0.1, -0.05) is 24.3 Å². The Labute approximate surface area is 117 Å². The molecule has 1 aromatic carbocycles. The van der Waals surface area contributed by atoms with E-state index in [1.54, 1.807) is 31.2 Å². The molecule has 1 aromatic rings. The van der Waals surface area contributed by atoms with Crippen molar-refractivity contribution in [1.82, 2.24) is 5.32 Å². The van der Waals surface area contributed by atoms with Crippen LogP contribution in [0.2, 0.25) is 0 Å². The monoisotopic (exact) mass is 280 g/mol. The van der Waals surface area contributed by atoms with E-state index in [4.69, 9.17) is 10.8 Å². The Balaban J connectivity index is 3.14. The van der Waals surface area contributed by atoms with Gasteiger partial charge >= 0.3 is 5.97 Å². The summed E-state index contributed by atoms with van der Waals surface area (Å²) in [5, 5.41) is 20.7. The minimum absolute atomic E-state index is 0.0902. The molecule has 5 N–H and O–H groups in total. The van der Waals surface area contributed by atoms with E-state index in [-0.39, 0.29) is 26.1 Å². The van der Waals surface area contributed by atoms with E-state index < -0.39 is 17.3 Å². The molecule has 1 rings (SSSR count). The molecule has 110 valence electrons. The van der Waals surface area contributed by atoms with Crippen LogP contribution in [0.3, 0.4) is 0 Å². The lowest BCUT2D eigenvalue weighted by Gasteiger charge is -2.29. The molecule has 1 amide bonds. The minimum Gasteiger partial charge on any atom is -0.481 e. The standard InChI is InChI=1S/C14H20N2O4/c1-10-4-2-3-5-11(10)14(9-15,13(19)20)8-12(18)16-6-7-17/h2-5,17H,6-9,15H2,1H3,(H,16,18)(H,19,20). The van der Waals surface area contributed by atoms with Gasteiger partial charge in [0.05, 0.1) is 6.61 Å². The molecule has 1 unspecified atom stereocenters. The Morgan fingerprint density at radius 3 is 2.50 bits per heavy atom. The molecular weight excluding hydrogens is 260 g/mol. The van der Waals surface area contributed by atoms with Crippen molar-refractivity contribution >= 4 is 11.9 Å². The van der Waals surface area contributed by atoms with Crippen molar-refractivity contribution in [2.45, 2.75) is 18.8 Å². The van der Waals surface area contributed by atoms with Gasteiger partial charge < -0.3 is 21.3 Å². The maximum atomic E-state index is 11.8. The molecule has 0 heterocycles. The third kappa shape index (κ3) is 3.34. The van der Waals surface area contributed by atoms with Gasteiger partial charge in [0, 0.05) is 19.5 Å². The maximum absolute atomic E-state index is 11.8. The Kier molecular flexibility index (Phi) is 5.66. The lowest BCUT2D eigenvalue weighted by atomic mass is 9.75. The largest absolute Gasteiger partial charge is 0.481 e. The van der Waals surface area contributed by atoms with E-state index >= 15 is 0 Å². The first-order valence-corrected chi connectivity index (χ1v) is 6.35. The van der Waals surface area contributed by atoms with Gasteiger partial charge in [-0.15, -0.1) is 0 Å². The summed E-state index contributed by atoms with van der Waals surface area (Å²) in [6.07, 6.45) is -0.260. The van der Waals surface area contributed by atoms with Gasteiger partial charge in [-0.3, -0.25) is 9.59 Å². The predicted molar refractivity (Wildman–Crippen MR) is 74.3 cm³/mol. The third-order valence-corrected chi connectivity index (χ3v) is 3.31. The lowest BCUT2D eigenvalue weighted by Crippen LogP contribution is -2.47. The second kappa shape index (κ2) is 7.02. The molecule has 0 spiro atoms. The van der Waals surface area contributed by atoms with Crippen molar-refractivity contribution in [3.63, 3.8) is 0 Å². The summed E-state index contributed by atoms with van der Waals surface area (Å²) in [6, 6.07) is 6.99. The quantitative estimate of drug-likeness (QED) is 0.551. The van der Waals surface area contributed by atoms with Gasteiger partial charge in [-0.2, -0.15) is 0 Å². The predicted octanol–water partition coefficient (Wildman–Crippen LogP) is -0.225. The van der Waals surface area contributed by atoms with E-state index in [2.05, 4.69) is 5.32 Å². The second-order valence-corrected chi connectivity index (χ2v) is 4.66. The average molecular weight is 280 g/mol. The molecule has 6 nitrogen and oxygen atoms in total. The number of carboxylic acids is 1. The summed E-state index contributed by atoms with van der Waals surface area (Å²) in [5.41, 5.74) is 5.53. The fourth-order valence-corrected chi connectivity index (χ4v) is 2.20. The molecular formula is C14H20N2O4. The van der Waals surface area contributed by atoms with Crippen LogP contribution in [-0.4, -0.2) is 41.8 Å². The van der Waals surface area contributed by atoms with Crippen molar-refractivity contribution in [2.75, 3.05) is 19.7 Å². The molecule has 0 aliphatic rings. The number of aliphatic hydroxyl groups is 1. The SMILES string of the molecule is Cc1ccccc1C(CN)(CC(=O)NCCO)C(=O)O. The first kappa shape index (κ1) is 16.1. The number of nitrogens with one attached hydrogen (secondary N) is 1. The van der Waals surface area contributed by atoms with Crippen LogP contribution < -0.4 is 11.1 Å². The number of benzene rings is 1. The highest BCUT2D eigenvalue weighted by molar-refractivity contribution is 5.90. The first-order chi connectivity index (χ1) is 9.47. The van der Waals surface area contributed by atoms with E-state index in [9.17, 15) is 14.7 Å². The van der Waals surface area contributed by atoms with Crippen molar-refractivity contribution in [2.24, 2.45) is 5.73 Å². The zero-order valence-corrected chi connectivity index (χ0v) is 11.4. The molecule has 0 radical (unpaired) electrons. The molecule has 0 bridgehead atoms. The number of aryl methyl sites for hydroxylation is 1. The van der Waals surface area contributed by atoms with Gasteiger partial charge in [0.2, 0.25) is 5.91 Å². The zero-order chi connectivity index (χ0) is 15.2. The van der Waals surface area contributed by atoms with Crippen LogP contribution in [0, 0.1) is 6.92 Å². The number of carbonyl (C=O) groups is 2. The summed E-state index contributed by atoms with van der Waals surface area (Å²) < 4.78 is 0. The van der Waals surface area contributed by atoms with Gasteiger partial charge in [0.25, 0.3) is 0 Å². The number of rotatable bonds is 7. The molecule has 1 atom stereocenters. The molecule has 0 aromatic heterocycles. The van der Waals surface area contributed by atoms with Gasteiger partial charge in [-0.05, 0) is 18.1 Å². The molecule has 0 aliphatic heterocycles. The van der Waals surface area contributed by atoms with Gasteiger partial charge in [-0.25, -0.2) is 0 Å². The highest BCUT2D eigenvalue weighted by Crippen LogP contribution is 2.30. The third-order valence-electron chi connectivity index (χ3n) is 3.31. The van der Waals surface area contributed by atoms with Crippen LogP contribution in [-0.2, 0) is 15.0 Å². The normalized spacial score (nSPS) is 13.6. The van der Waals surface area contributed by atoms with E-state index in [1.807, 2.05) is 0 Å². The first-order valence-electron chi connectivity index (χ1n) is 6.35. The Morgan fingerprint density at radius 1 is 1.35 bits per heavy atom. The highest BCUT2D eigenvalue weighted by Gasteiger charge is 2.42. The highest BCUT2D eigenvalue weighted by atomic mass is 16.4. The molecule has 0 saturated carbocycles. The van der Waals surface area contributed by atoms with Crippen LogP contribution in [0.5, 0.6) is 0 Å². The van der Waals surface area contributed by atoms with Crippen LogP contribution in [0.1, 0.15) is 17.5 Å². The second-order valence-electron chi connectivity index (χ2n) is 4.66. The lowest BCUT2D eigenvalue weighted by molar-refractivity contribution is -0.146. The molecule has 20 heavy (non-hydrogen) atoms. The minimum atomic E-state index is -1.45. The zero-order valence-electron chi connectivity index (χ0n) is 11.4. The number of amides is 1. The van der Waals surface area contributed by atoms with Crippen molar-refractivity contribution in [3.8, 4) is 0 Å². The molecule has 0 saturated heterocycles. The molecule has 0 aliphatic carbocycles. The fourth-order valence-electron chi connectivity index (χ4n) is 2.20. The average Bonchev–Trinajstić information content (AvgIpc) is 2.43. The van der Waals surface area contributed by atoms with Gasteiger partial charge in [0.15, 0.2) is 0 Å². The number of carbonyl (C=O) groups excluding carboxylic acids is 1. The number of aliphatic carboxylic acids is 1. The fraction of sp³-hybridized carbons (Fsp3) is 0.429. The van der Waals surface area contributed by atoms with Crippen molar-refractivity contribution in [3.05, 3.63) is 35.4 Å². The van der Waals surface area contributed by atoms with E-state index in [0.717, 1.165) is 5.56 Å². The summed E-state index contributed by atoms with van der Waals surface area (Å²) in [7, 11) is 0. The number of aliphatic hydroxyl groups excluding tert-OH is 1. The number of nitrogens with two attached hydrogens (primary N) is 1. The van der Waals surface area contributed by atoms with Crippen LogP contribution in [0.25, 0.3) is 0 Å². The van der Waals surface area contributed by atoms with Crippen LogP contribution in [0.4, 0.5) is 0 Å². The van der Waals surface area contributed by atoms with E-state index in [1.165, 1.54) is 0 Å². The van der Waals surface area contributed by atoms with Gasteiger partial charge in [0.1, 0.15) is 5.41 Å². The summed E-state index contributed by atoms with van der Waals surface area (Å²) in [4.78, 5) is 23.5. The van der Waals surface area contributed by atoms with Crippen LogP contribution in [0.15, 0.2) is 24.3 Å². The smallest absolute Gasteiger partial charge is 0.315 e.